The molecule has 2 aliphatic rings. The van der Waals surface area contributed by atoms with E-state index < -0.39 is 5.41 Å². The van der Waals surface area contributed by atoms with Crippen molar-refractivity contribution in [2.45, 2.75) is 31.3 Å². The molecule has 0 unspecified atom stereocenters. The lowest BCUT2D eigenvalue weighted by atomic mass is 9.73. The van der Waals surface area contributed by atoms with E-state index in [1.807, 2.05) is 40.0 Å². The van der Waals surface area contributed by atoms with Crippen molar-refractivity contribution in [3.8, 4) is 0 Å². The maximum absolute atomic E-state index is 13.4. The van der Waals surface area contributed by atoms with Crippen molar-refractivity contribution in [2.24, 2.45) is 0 Å². The first-order valence-electron chi connectivity index (χ1n) is 8.23. The fourth-order valence-corrected chi connectivity index (χ4v) is 3.76. The van der Waals surface area contributed by atoms with Gasteiger partial charge in [0.25, 0.3) is 0 Å². The summed E-state index contributed by atoms with van der Waals surface area (Å²) in [5.41, 5.74) is 1.79. The van der Waals surface area contributed by atoms with Crippen LogP contribution in [-0.4, -0.2) is 40.3 Å². The highest BCUT2D eigenvalue weighted by Gasteiger charge is 2.44. The maximum atomic E-state index is 13.4. The second-order valence-corrected chi connectivity index (χ2v) is 6.33. The Bertz CT molecular complexity index is 689. The molecule has 1 aromatic carbocycles. The molecular formula is C18H21N3O2. The summed E-state index contributed by atoms with van der Waals surface area (Å²) in [6.07, 6.45) is 3.32. The topological polar surface area (TPSA) is 47.4 Å². The number of nitrogens with zero attached hydrogens (tertiary/aromatic N) is 3. The van der Waals surface area contributed by atoms with Gasteiger partial charge < -0.3 is 9.64 Å². The quantitative estimate of drug-likeness (QED) is 0.852. The summed E-state index contributed by atoms with van der Waals surface area (Å²) in [4.78, 5) is 15.4. The van der Waals surface area contributed by atoms with Crippen LogP contribution >= 0.6 is 0 Å². The molecular weight excluding hydrogens is 290 g/mol. The number of hydrogen-bond donors (Lipinski definition) is 0. The number of benzene rings is 1. The van der Waals surface area contributed by atoms with Gasteiger partial charge in [0.15, 0.2) is 0 Å². The van der Waals surface area contributed by atoms with Crippen molar-refractivity contribution in [1.82, 2.24) is 14.7 Å². The fourth-order valence-electron chi connectivity index (χ4n) is 3.76. The molecule has 2 aromatic rings. The minimum absolute atomic E-state index is 0.236. The van der Waals surface area contributed by atoms with Gasteiger partial charge in [-0.15, -0.1) is 0 Å². The van der Waals surface area contributed by atoms with Crippen molar-refractivity contribution in [3.05, 3.63) is 53.9 Å². The zero-order valence-corrected chi connectivity index (χ0v) is 13.1. The van der Waals surface area contributed by atoms with Gasteiger partial charge in [-0.25, -0.2) is 0 Å². The first-order valence-corrected chi connectivity index (χ1v) is 8.23. The van der Waals surface area contributed by atoms with Crippen LogP contribution in [0.2, 0.25) is 0 Å². The molecule has 3 heterocycles. The van der Waals surface area contributed by atoms with Gasteiger partial charge in [-0.1, -0.05) is 30.3 Å². The highest BCUT2D eigenvalue weighted by atomic mass is 16.5. The van der Waals surface area contributed by atoms with Crippen LogP contribution in [-0.2, 0) is 28.0 Å². The Morgan fingerprint density at radius 2 is 1.87 bits per heavy atom. The molecule has 1 amide bonds. The lowest BCUT2D eigenvalue weighted by Crippen LogP contribution is -2.51. The predicted octanol–water partition coefficient (Wildman–Crippen LogP) is 1.97. The number of carbonyl (C=O) groups excluding carboxylic acids is 1. The van der Waals surface area contributed by atoms with Crippen LogP contribution in [0, 0.1) is 0 Å². The smallest absolute Gasteiger partial charge is 0.233 e. The summed E-state index contributed by atoms with van der Waals surface area (Å²) < 4.78 is 7.53. The number of carbonyl (C=O) groups is 1. The molecule has 23 heavy (non-hydrogen) atoms. The number of aromatic nitrogens is 2. The molecule has 1 fully saturated rings. The number of hydrogen-bond acceptors (Lipinski definition) is 3. The van der Waals surface area contributed by atoms with Crippen LogP contribution in [0.5, 0.6) is 0 Å². The van der Waals surface area contributed by atoms with E-state index in [0.29, 0.717) is 19.8 Å². The molecule has 0 radical (unpaired) electrons. The summed E-state index contributed by atoms with van der Waals surface area (Å²) in [6.45, 7) is 3.44. The SMILES string of the molecule is O=C(N1CCn2nccc2C1)C1(c2ccccc2)CCOCC1. The van der Waals surface area contributed by atoms with Gasteiger partial charge in [-0.3, -0.25) is 9.48 Å². The van der Waals surface area contributed by atoms with E-state index in [4.69, 9.17) is 4.74 Å². The molecule has 0 atom stereocenters. The molecule has 5 nitrogen and oxygen atoms in total. The van der Waals surface area contributed by atoms with Gasteiger partial charge in [-0.05, 0) is 24.5 Å². The summed E-state index contributed by atoms with van der Waals surface area (Å²) in [7, 11) is 0. The fraction of sp³-hybridized carbons (Fsp3) is 0.444. The van der Waals surface area contributed by atoms with E-state index in [9.17, 15) is 4.79 Å². The minimum atomic E-state index is -0.443. The zero-order chi connectivity index (χ0) is 15.7. The maximum Gasteiger partial charge on any atom is 0.233 e. The van der Waals surface area contributed by atoms with Crippen LogP contribution in [0.25, 0.3) is 0 Å². The van der Waals surface area contributed by atoms with Crippen molar-refractivity contribution in [1.29, 1.82) is 0 Å². The largest absolute Gasteiger partial charge is 0.381 e. The molecule has 1 aromatic heterocycles. The summed E-state index contributed by atoms with van der Waals surface area (Å²) in [5, 5.41) is 4.30. The summed E-state index contributed by atoms with van der Waals surface area (Å²) in [6, 6.07) is 12.2. The van der Waals surface area contributed by atoms with Crippen LogP contribution in [0.4, 0.5) is 0 Å². The van der Waals surface area contributed by atoms with E-state index in [1.54, 1.807) is 0 Å². The summed E-state index contributed by atoms with van der Waals surface area (Å²) >= 11 is 0. The van der Waals surface area contributed by atoms with Crippen molar-refractivity contribution >= 4 is 5.91 Å². The number of amides is 1. The summed E-state index contributed by atoms with van der Waals surface area (Å²) in [5.74, 6) is 0.236. The third-order valence-corrected chi connectivity index (χ3v) is 5.11. The number of fused-ring (bicyclic) bond motifs is 1. The highest BCUT2D eigenvalue weighted by Crippen LogP contribution is 2.37. The Morgan fingerprint density at radius 1 is 1.09 bits per heavy atom. The van der Waals surface area contributed by atoms with Crippen LogP contribution < -0.4 is 0 Å². The lowest BCUT2D eigenvalue weighted by Gasteiger charge is -2.41. The van der Waals surface area contributed by atoms with Gasteiger partial charge in [0.1, 0.15) is 0 Å². The van der Waals surface area contributed by atoms with E-state index in [-0.39, 0.29) is 5.91 Å². The van der Waals surface area contributed by atoms with Crippen molar-refractivity contribution < 1.29 is 9.53 Å². The molecule has 1 saturated heterocycles. The molecule has 5 heteroatoms. The molecule has 0 N–H and O–H groups in total. The first-order chi connectivity index (χ1) is 11.3. The van der Waals surface area contributed by atoms with Crippen LogP contribution in [0.15, 0.2) is 42.6 Å². The Labute approximate surface area is 135 Å². The van der Waals surface area contributed by atoms with Gasteiger partial charge in [0.05, 0.1) is 24.2 Å². The first kappa shape index (κ1) is 14.5. The molecule has 0 bridgehead atoms. The van der Waals surface area contributed by atoms with Crippen molar-refractivity contribution in [3.63, 3.8) is 0 Å². The van der Waals surface area contributed by atoms with Gasteiger partial charge in [0.2, 0.25) is 5.91 Å². The van der Waals surface area contributed by atoms with E-state index in [1.165, 1.54) is 0 Å². The molecule has 2 aliphatic heterocycles. The van der Waals surface area contributed by atoms with Gasteiger partial charge in [0, 0.05) is 26.0 Å². The average Bonchev–Trinajstić information content (AvgIpc) is 3.10. The Balaban J connectivity index is 1.66. The zero-order valence-electron chi connectivity index (χ0n) is 13.1. The monoisotopic (exact) mass is 311 g/mol. The van der Waals surface area contributed by atoms with Crippen molar-refractivity contribution in [2.75, 3.05) is 19.8 Å². The second kappa shape index (κ2) is 5.81. The molecule has 0 aliphatic carbocycles. The third kappa shape index (κ3) is 2.45. The van der Waals surface area contributed by atoms with E-state index in [2.05, 4.69) is 17.2 Å². The third-order valence-electron chi connectivity index (χ3n) is 5.11. The Kier molecular flexibility index (Phi) is 3.65. The second-order valence-electron chi connectivity index (χ2n) is 6.33. The number of rotatable bonds is 2. The molecule has 0 saturated carbocycles. The van der Waals surface area contributed by atoms with Gasteiger partial charge >= 0.3 is 0 Å². The Hall–Kier alpha value is -2.14. The molecule has 120 valence electrons. The van der Waals surface area contributed by atoms with E-state index in [0.717, 1.165) is 37.2 Å². The van der Waals surface area contributed by atoms with Crippen LogP contribution in [0.3, 0.4) is 0 Å². The average molecular weight is 311 g/mol. The van der Waals surface area contributed by atoms with Gasteiger partial charge in [-0.2, -0.15) is 5.10 Å². The number of ether oxygens (including phenoxy) is 1. The standard InChI is InChI=1S/C18H21N3O2/c22-17(20-10-11-21-16(14-20)6-9-19-21)18(7-12-23-13-8-18)15-4-2-1-3-5-15/h1-6,9H,7-8,10-14H2. The molecule has 4 rings (SSSR count). The predicted molar refractivity (Wildman–Crippen MR) is 85.8 cm³/mol. The lowest BCUT2D eigenvalue weighted by molar-refractivity contribution is -0.143. The van der Waals surface area contributed by atoms with Crippen LogP contribution in [0.1, 0.15) is 24.1 Å². The van der Waals surface area contributed by atoms with E-state index >= 15 is 0 Å². The highest BCUT2D eigenvalue weighted by molar-refractivity contribution is 5.88. The minimum Gasteiger partial charge on any atom is -0.381 e. The Morgan fingerprint density at radius 3 is 2.65 bits per heavy atom. The molecule has 0 spiro atoms. The normalized spacial score (nSPS) is 20.1.